The lowest BCUT2D eigenvalue weighted by atomic mass is 9.89. The van der Waals surface area contributed by atoms with Gasteiger partial charge in [0.15, 0.2) is 0 Å². The second-order valence-electron chi connectivity index (χ2n) is 5.36. The van der Waals surface area contributed by atoms with Gasteiger partial charge in [0.2, 0.25) is 0 Å². The Morgan fingerprint density at radius 2 is 2.20 bits per heavy atom. The SMILES string of the molecule is NCCCCC(CC1OCCc2ccccc21)C(=O)O. The standard InChI is InChI=1S/C16H23NO3/c17-9-4-3-6-13(16(18)19)11-15-14-7-2-1-5-12(14)8-10-20-15/h1-2,5,7,13,15H,3-4,6,8-11,17H2,(H,18,19). The van der Waals surface area contributed by atoms with Crippen LogP contribution in [0.15, 0.2) is 24.3 Å². The number of ether oxygens (including phenoxy) is 1. The van der Waals surface area contributed by atoms with Gasteiger partial charge < -0.3 is 15.6 Å². The number of hydrogen-bond acceptors (Lipinski definition) is 3. The maximum atomic E-state index is 11.4. The van der Waals surface area contributed by atoms with Crippen molar-refractivity contribution in [2.75, 3.05) is 13.2 Å². The molecule has 4 heteroatoms. The average Bonchev–Trinajstić information content (AvgIpc) is 2.46. The van der Waals surface area contributed by atoms with Gasteiger partial charge in [0, 0.05) is 0 Å². The van der Waals surface area contributed by atoms with Crippen LogP contribution in [0.25, 0.3) is 0 Å². The number of unbranched alkanes of at least 4 members (excludes halogenated alkanes) is 1. The third-order valence-corrected chi connectivity index (χ3v) is 3.95. The minimum atomic E-state index is -0.728. The predicted molar refractivity (Wildman–Crippen MR) is 77.5 cm³/mol. The molecule has 1 aliphatic rings. The van der Waals surface area contributed by atoms with E-state index in [0.717, 1.165) is 24.8 Å². The molecule has 0 bridgehead atoms. The molecule has 1 heterocycles. The molecular formula is C16H23NO3. The largest absolute Gasteiger partial charge is 0.481 e. The van der Waals surface area contributed by atoms with Gasteiger partial charge in [0.25, 0.3) is 0 Å². The van der Waals surface area contributed by atoms with Crippen molar-refractivity contribution in [2.24, 2.45) is 11.7 Å². The van der Waals surface area contributed by atoms with Crippen molar-refractivity contribution in [1.29, 1.82) is 0 Å². The van der Waals surface area contributed by atoms with E-state index < -0.39 is 5.97 Å². The summed E-state index contributed by atoms with van der Waals surface area (Å²) in [5.74, 6) is -1.08. The van der Waals surface area contributed by atoms with E-state index >= 15 is 0 Å². The van der Waals surface area contributed by atoms with Crippen molar-refractivity contribution in [3.63, 3.8) is 0 Å². The normalized spacial score (nSPS) is 19.4. The van der Waals surface area contributed by atoms with Gasteiger partial charge in [-0.1, -0.05) is 30.7 Å². The van der Waals surface area contributed by atoms with Crippen LogP contribution in [0, 0.1) is 5.92 Å². The highest BCUT2D eigenvalue weighted by molar-refractivity contribution is 5.70. The van der Waals surface area contributed by atoms with Crippen LogP contribution >= 0.6 is 0 Å². The molecule has 0 aromatic heterocycles. The molecule has 1 aromatic rings. The van der Waals surface area contributed by atoms with Crippen LogP contribution in [-0.2, 0) is 16.0 Å². The van der Waals surface area contributed by atoms with Crippen LogP contribution in [0.2, 0.25) is 0 Å². The molecule has 0 saturated carbocycles. The van der Waals surface area contributed by atoms with Crippen molar-refractivity contribution in [2.45, 2.75) is 38.2 Å². The molecule has 20 heavy (non-hydrogen) atoms. The number of benzene rings is 1. The number of carboxylic acids is 1. The maximum Gasteiger partial charge on any atom is 0.306 e. The van der Waals surface area contributed by atoms with Gasteiger partial charge in [-0.2, -0.15) is 0 Å². The Kier molecular flexibility index (Phi) is 5.56. The first-order valence-electron chi connectivity index (χ1n) is 7.34. The topological polar surface area (TPSA) is 72.5 Å². The third-order valence-electron chi connectivity index (χ3n) is 3.95. The fraction of sp³-hybridized carbons (Fsp3) is 0.562. The number of hydrogen-bond donors (Lipinski definition) is 2. The van der Waals surface area contributed by atoms with E-state index in [1.807, 2.05) is 12.1 Å². The lowest BCUT2D eigenvalue weighted by Crippen LogP contribution is -2.23. The van der Waals surface area contributed by atoms with E-state index in [0.29, 0.717) is 26.0 Å². The Bertz CT molecular complexity index is 447. The van der Waals surface area contributed by atoms with E-state index in [1.54, 1.807) is 0 Å². The fourth-order valence-corrected chi connectivity index (χ4v) is 2.81. The molecular weight excluding hydrogens is 254 g/mol. The Morgan fingerprint density at radius 1 is 1.40 bits per heavy atom. The summed E-state index contributed by atoms with van der Waals surface area (Å²) < 4.78 is 5.80. The highest BCUT2D eigenvalue weighted by Crippen LogP contribution is 2.33. The molecule has 3 N–H and O–H groups in total. The first-order valence-corrected chi connectivity index (χ1v) is 7.34. The Morgan fingerprint density at radius 3 is 2.95 bits per heavy atom. The van der Waals surface area contributed by atoms with E-state index in [-0.39, 0.29) is 12.0 Å². The molecule has 0 radical (unpaired) electrons. The van der Waals surface area contributed by atoms with Crippen LogP contribution in [0.5, 0.6) is 0 Å². The number of rotatable bonds is 7. The van der Waals surface area contributed by atoms with E-state index in [4.69, 9.17) is 10.5 Å². The van der Waals surface area contributed by atoms with Crippen molar-refractivity contribution in [1.82, 2.24) is 0 Å². The van der Waals surface area contributed by atoms with Gasteiger partial charge in [-0.05, 0) is 43.4 Å². The Hall–Kier alpha value is -1.39. The van der Waals surface area contributed by atoms with Crippen LogP contribution in [-0.4, -0.2) is 24.2 Å². The molecule has 4 nitrogen and oxygen atoms in total. The molecule has 2 rings (SSSR count). The van der Waals surface area contributed by atoms with Crippen LogP contribution < -0.4 is 5.73 Å². The summed E-state index contributed by atoms with van der Waals surface area (Å²) in [4.78, 5) is 11.4. The fourth-order valence-electron chi connectivity index (χ4n) is 2.81. The van der Waals surface area contributed by atoms with Crippen molar-refractivity contribution >= 4 is 5.97 Å². The molecule has 1 aliphatic heterocycles. The monoisotopic (exact) mass is 277 g/mol. The number of carbonyl (C=O) groups is 1. The lowest BCUT2D eigenvalue weighted by Gasteiger charge is -2.28. The second kappa shape index (κ2) is 7.41. The number of carboxylic acid groups (broad SMARTS) is 1. The zero-order valence-electron chi connectivity index (χ0n) is 11.8. The van der Waals surface area contributed by atoms with Gasteiger partial charge in [-0.3, -0.25) is 4.79 Å². The average molecular weight is 277 g/mol. The molecule has 110 valence electrons. The van der Waals surface area contributed by atoms with E-state index in [2.05, 4.69) is 12.1 Å². The second-order valence-corrected chi connectivity index (χ2v) is 5.36. The molecule has 1 aromatic carbocycles. The van der Waals surface area contributed by atoms with Crippen LogP contribution in [0.4, 0.5) is 0 Å². The molecule has 0 aliphatic carbocycles. The zero-order valence-corrected chi connectivity index (χ0v) is 11.8. The predicted octanol–water partition coefficient (Wildman–Crippen LogP) is 2.52. The summed E-state index contributed by atoms with van der Waals surface area (Å²) in [6.07, 6.45) is 3.80. The molecule has 0 fully saturated rings. The Labute approximate surface area is 119 Å². The van der Waals surface area contributed by atoms with Gasteiger partial charge in [0.1, 0.15) is 0 Å². The van der Waals surface area contributed by atoms with E-state index in [9.17, 15) is 9.90 Å². The summed E-state index contributed by atoms with van der Waals surface area (Å²) >= 11 is 0. The summed E-state index contributed by atoms with van der Waals surface area (Å²) in [6, 6.07) is 8.18. The first kappa shape index (κ1) is 15.0. The Balaban J connectivity index is 2.02. The number of nitrogens with two attached hydrogens (primary N) is 1. The molecule has 2 atom stereocenters. The van der Waals surface area contributed by atoms with Crippen LogP contribution in [0.1, 0.15) is 42.9 Å². The lowest BCUT2D eigenvalue weighted by molar-refractivity contribution is -0.143. The summed E-state index contributed by atoms with van der Waals surface area (Å²) in [5.41, 5.74) is 7.91. The van der Waals surface area contributed by atoms with Gasteiger partial charge >= 0.3 is 5.97 Å². The third kappa shape index (κ3) is 3.81. The first-order chi connectivity index (χ1) is 9.72. The molecule has 2 unspecified atom stereocenters. The van der Waals surface area contributed by atoms with Gasteiger partial charge in [0.05, 0.1) is 18.6 Å². The summed E-state index contributed by atoms with van der Waals surface area (Å²) in [7, 11) is 0. The quantitative estimate of drug-likeness (QED) is 0.751. The summed E-state index contributed by atoms with van der Waals surface area (Å²) in [5, 5.41) is 9.36. The van der Waals surface area contributed by atoms with Crippen molar-refractivity contribution in [3.8, 4) is 0 Å². The van der Waals surface area contributed by atoms with Crippen molar-refractivity contribution in [3.05, 3.63) is 35.4 Å². The van der Waals surface area contributed by atoms with Crippen molar-refractivity contribution < 1.29 is 14.6 Å². The minimum absolute atomic E-state index is 0.0843. The van der Waals surface area contributed by atoms with Gasteiger partial charge in [-0.25, -0.2) is 0 Å². The summed E-state index contributed by atoms with van der Waals surface area (Å²) in [6.45, 7) is 1.30. The number of aliphatic carboxylic acids is 1. The van der Waals surface area contributed by atoms with Gasteiger partial charge in [-0.15, -0.1) is 0 Å². The molecule has 0 amide bonds. The molecule has 0 spiro atoms. The van der Waals surface area contributed by atoms with Crippen LogP contribution in [0.3, 0.4) is 0 Å². The highest BCUT2D eigenvalue weighted by atomic mass is 16.5. The minimum Gasteiger partial charge on any atom is -0.481 e. The van der Waals surface area contributed by atoms with E-state index in [1.165, 1.54) is 5.56 Å². The highest BCUT2D eigenvalue weighted by Gasteiger charge is 2.27. The zero-order chi connectivity index (χ0) is 14.4. The molecule has 0 saturated heterocycles. The number of fused-ring (bicyclic) bond motifs is 1. The smallest absolute Gasteiger partial charge is 0.306 e. The maximum absolute atomic E-state index is 11.4.